The van der Waals surface area contributed by atoms with Gasteiger partial charge in [0.25, 0.3) is 0 Å². The number of halogens is 2. The fraction of sp³-hybridized carbons (Fsp3) is 0.286. The largest absolute Gasteiger partial charge is 0.497 e. The van der Waals surface area contributed by atoms with Gasteiger partial charge < -0.3 is 9.30 Å². The molecule has 0 fully saturated rings. The van der Waals surface area contributed by atoms with Crippen LogP contribution in [0.5, 0.6) is 5.75 Å². The summed E-state index contributed by atoms with van der Waals surface area (Å²) in [5.41, 5.74) is 2.52. The molecule has 0 aliphatic heterocycles. The lowest BCUT2D eigenvalue weighted by atomic mass is 10.1. The van der Waals surface area contributed by atoms with Gasteiger partial charge in [-0.3, -0.25) is 4.79 Å². The Morgan fingerprint density at radius 1 is 1.19 bits per heavy atom. The van der Waals surface area contributed by atoms with Crippen molar-refractivity contribution in [3.05, 3.63) is 53.3 Å². The molecule has 26 heavy (non-hydrogen) atoms. The molecule has 0 bridgehead atoms. The van der Waals surface area contributed by atoms with Gasteiger partial charge in [-0.05, 0) is 53.9 Å². The Morgan fingerprint density at radius 3 is 2.62 bits per heavy atom. The van der Waals surface area contributed by atoms with Gasteiger partial charge in [-0.25, -0.2) is 4.39 Å². The van der Waals surface area contributed by atoms with Crippen LogP contribution < -0.4 is 4.74 Å². The molecule has 3 nitrogen and oxygen atoms in total. The topological polar surface area (TPSA) is 31.2 Å². The number of fused-ring (bicyclic) bond motifs is 1. The van der Waals surface area contributed by atoms with E-state index in [1.54, 1.807) is 19.2 Å². The van der Waals surface area contributed by atoms with Crippen LogP contribution in [0.15, 0.2) is 42.5 Å². The minimum Gasteiger partial charge on any atom is -0.497 e. The predicted molar refractivity (Wildman–Crippen MR) is 103 cm³/mol. The van der Waals surface area contributed by atoms with E-state index in [-0.39, 0.29) is 17.4 Å². The fourth-order valence-electron chi connectivity index (χ4n) is 3.14. The minimum atomic E-state index is -0.462. The smallest absolute Gasteiger partial charge is 0.152 e. The minimum absolute atomic E-state index is 0.0605. The zero-order chi connectivity index (χ0) is 18.8. The zero-order valence-electron chi connectivity index (χ0n) is 15.1. The fourth-order valence-corrected chi connectivity index (χ4v) is 3.32. The number of carbonyl (C=O) groups is 1. The number of hydrogen-bond acceptors (Lipinski definition) is 2. The van der Waals surface area contributed by atoms with Crippen LogP contribution >= 0.6 is 11.6 Å². The van der Waals surface area contributed by atoms with E-state index in [2.05, 4.69) is 0 Å². The van der Waals surface area contributed by atoms with Crippen molar-refractivity contribution >= 4 is 28.3 Å². The van der Waals surface area contributed by atoms with E-state index in [0.717, 1.165) is 27.9 Å². The molecule has 0 amide bonds. The third-order valence-corrected chi connectivity index (χ3v) is 4.58. The molecule has 136 valence electrons. The van der Waals surface area contributed by atoms with Gasteiger partial charge in [0.1, 0.15) is 11.6 Å². The molecule has 0 radical (unpaired) electrons. The van der Waals surface area contributed by atoms with Crippen molar-refractivity contribution < 1.29 is 13.9 Å². The zero-order valence-corrected chi connectivity index (χ0v) is 15.8. The van der Waals surface area contributed by atoms with E-state index in [4.69, 9.17) is 16.3 Å². The Balaban J connectivity index is 2.14. The van der Waals surface area contributed by atoms with Crippen LogP contribution in [0.25, 0.3) is 22.2 Å². The van der Waals surface area contributed by atoms with E-state index in [1.165, 1.54) is 6.07 Å². The maximum absolute atomic E-state index is 13.6. The first-order valence-electron chi connectivity index (χ1n) is 8.53. The predicted octanol–water partition coefficient (Wildman–Crippen LogP) is 5.72. The lowest BCUT2D eigenvalue weighted by Gasteiger charge is -2.12. The van der Waals surface area contributed by atoms with Crippen molar-refractivity contribution in [2.75, 3.05) is 7.11 Å². The standard InChI is InChI=1S/C21H21ClFNO2/c1-13(2)8-16(25)12-24-20-7-5-17(26-3)9-15(20)11-21(24)14-4-6-19(23)18(22)10-14/h4-7,9-11,13H,8,12H2,1-3H3. The molecule has 5 heteroatoms. The number of aromatic nitrogens is 1. The van der Waals surface area contributed by atoms with Crippen molar-refractivity contribution in [3.63, 3.8) is 0 Å². The summed E-state index contributed by atoms with van der Waals surface area (Å²) in [6, 6.07) is 12.3. The van der Waals surface area contributed by atoms with E-state index >= 15 is 0 Å². The Bertz CT molecular complexity index is 962. The molecule has 2 aromatic carbocycles. The second-order valence-electron chi connectivity index (χ2n) is 6.81. The SMILES string of the molecule is COc1ccc2c(c1)cc(-c1ccc(F)c(Cl)c1)n2CC(=O)CC(C)C. The van der Waals surface area contributed by atoms with Crippen LogP contribution in [-0.4, -0.2) is 17.5 Å². The maximum Gasteiger partial charge on any atom is 0.152 e. The quantitative estimate of drug-likeness (QED) is 0.553. The van der Waals surface area contributed by atoms with Crippen LogP contribution in [0, 0.1) is 11.7 Å². The van der Waals surface area contributed by atoms with Gasteiger partial charge in [0.05, 0.1) is 18.7 Å². The van der Waals surface area contributed by atoms with E-state index in [0.29, 0.717) is 12.3 Å². The summed E-state index contributed by atoms with van der Waals surface area (Å²) in [6.07, 6.45) is 0.513. The van der Waals surface area contributed by atoms with Gasteiger partial charge in [-0.15, -0.1) is 0 Å². The molecule has 0 saturated carbocycles. The monoisotopic (exact) mass is 373 g/mol. The number of carbonyl (C=O) groups excluding carboxylic acids is 1. The Hall–Kier alpha value is -2.33. The normalized spacial score (nSPS) is 11.3. The molecule has 1 aromatic heterocycles. The average Bonchev–Trinajstić information content (AvgIpc) is 2.94. The lowest BCUT2D eigenvalue weighted by molar-refractivity contribution is -0.120. The first kappa shape index (κ1) is 18.5. The highest BCUT2D eigenvalue weighted by Gasteiger charge is 2.16. The van der Waals surface area contributed by atoms with Crippen molar-refractivity contribution in [1.29, 1.82) is 0 Å². The number of ketones is 1. The van der Waals surface area contributed by atoms with Crippen molar-refractivity contribution in [3.8, 4) is 17.0 Å². The van der Waals surface area contributed by atoms with Crippen LogP contribution in [0.2, 0.25) is 5.02 Å². The summed E-state index contributed by atoms with van der Waals surface area (Å²) in [6.45, 7) is 4.31. The molecule has 0 aliphatic rings. The lowest BCUT2D eigenvalue weighted by Crippen LogP contribution is -2.13. The number of ether oxygens (including phenoxy) is 1. The van der Waals surface area contributed by atoms with Crippen molar-refractivity contribution in [2.45, 2.75) is 26.8 Å². The molecule has 0 atom stereocenters. The third kappa shape index (κ3) is 3.75. The van der Waals surface area contributed by atoms with Gasteiger partial charge in [-0.2, -0.15) is 0 Å². The number of methoxy groups -OCH3 is 1. The number of nitrogens with zero attached hydrogens (tertiary/aromatic N) is 1. The van der Waals surface area contributed by atoms with Crippen LogP contribution in [0.1, 0.15) is 20.3 Å². The number of rotatable bonds is 6. The summed E-state index contributed by atoms with van der Waals surface area (Å²) in [5.74, 6) is 0.735. The van der Waals surface area contributed by atoms with Crippen LogP contribution in [0.4, 0.5) is 4.39 Å². The Kier molecular flexibility index (Phi) is 5.33. The first-order chi connectivity index (χ1) is 12.4. The number of Topliss-reactive ketones (excluding diaryl/α,β-unsaturated/α-hetero) is 1. The van der Waals surface area contributed by atoms with Gasteiger partial charge in [0, 0.05) is 23.0 Å². The van der Waals surface area contributed by atoms with Crippen LogP contribution in [-0.2, 0) is 11.3 Å². The second kappa shape index (κ2) is 7.50. The van der Waals surface area contributed by atoms with Crippen molar-refractivity contribution in [1.82, 2.24) is 4.57 Å². The van der Waals surface area contributed by atoms with Crippen molar-refractivity contribution in [2.24, 2.45) is 5.92 Å². The molecule has 3 aromatic rings. The average molecular weight is 374 g/mol. The van der Waals surface area contributed by atoms with Gasteiger partial charge in [0.15, 0.2) is 5.78 Å². The highest BCUT2D eigenvalue weighted by Crippen LogP contribution is 2.32. The highest BCUT2D eigenvalue weighted by atomic mass is 35.5. The van der Waals surface area contributed by atoms with E-state index < -0.39 is 5.82 Å². The van der Waals surface area contributed by atoms with Gasteiger partial charge in [-0.1, -0.05) is 25.4 Å². The first-order valence-corrected chi connectivity index (χ1v) is 8.91. The molecule has 0 spiro atoms. The summed E-state index contributed by atoms with van der Waals surface area (Å²) in [7, 11) is 1.62. The molecule has 3 rings (SSSR count). The van der Waals surface area contributed by atoms with Gasteiger partial charge in [0.2, 0.25) is 0 Å². The van der Waals surface area contributed by atoms with Gasteiger partial charge >= 0.3 is 0 Å². The Labute approximate surface area is 157 Å². The second-order valence-corrected chi connectivity index (χ2v) is 7.21. The molecule has 0 saturated heterocycles. The Morgan fingerprint density at radius 2 is 1.96 bits per heavy atom. The van der Waals surface area contributed by atoms with Crippen LogP contribution in [0.3, 0.4) is 0 Å². The van der Waals surface area contributed by atoms with E-state index in [9.17, 15) is 9.18 Å². The summed E-state index contributed by atoms with van der Waals surface area (Å²) in [5, 5.41) is 1.02. The molecular weight excluding hydrogens is 353 g/mol. The molecular formula is C21H21ClFNO2. The summed E-state index contributed by atoms with van der Waals surface area (Å²) >= 11 is 5.97. The highest BCUT2D eigenvalue weighted by molar-refractivity contribution is 6.31. The number of hydrogen-bond donors (Lipinski definition) is 0. The molecule has 0 aliphatic carbocycles. The molecule has 0 N–H and O–H groups in total. The molecule has 1 heterocycles. The summed E-state index contributed by atoms with van der Waals surface area (Å²) < 4.78 is 20.8. The summed E-state index contributed by atoms with van der Waals surface area (Å²) in [4.78, 5) is 12.5. The van der Waals surface area contributed by atoms with E-state index in [1.807, 2.05) is 42.7 Å². The number of benzene rings is 2. The maximum atomic E-state index is 13.6. The third-order valence-electron chi connectivity index (χ3n) is 4.29. The molecule has 0 unspecified atom stereocenters.